The standard InChI is InChI=1S/C16H26N4O2/c1-4-5-8-20-9-6-7-13(20)10-18-15(21)14-11-17-12(2)19-16(14)22-3/h11,13H,4-10H2,1-3H3,(H,18,21). The molecule has 0 spiro atoms. The van der Waals surface area contributed by atoms with Crippen molar-refractivity contribution in [2.45, 2.75) is 45.6 Å². The van der Waals surface area contributed by atoms with Crippen molar-refractivity contribution in [3.63, 3.8) is 0 Å². The summed E-state index contributed by atoms with van der Waals surface area (Å²) >= 11 is 0. The van der Waals surface area contributed by atoms with Gasteiger partial charge in [0.15, 0.2) is 0 Å². The molecular formula is C16H26N4O2. The zero-order chi connectivity index (χ0) is 15.9. The molecule has 2 rings (SSSR count). The lowest BCUT2D eigenvalue weighted by atomic mass is 10.2. The average molecular weight is 306 g/mol. The third-order valence-electron chi connectivity index (χ3n) is 4.11. The van der Waals surface area contributed by atoms with E-state index in [1.54, 1.807) is 6.92 Å². The summed E-state index contributed by atoms with van der Waals surface area (Å²) < 4.78 is 5.17. The number of nitrogens with zero attached hydrogens (tertiary/aromatic N) is 3. The van der Waals surface area contributed by atoms with Gasteiger partial charge in [-0.25, -0.2) is 4.98 Å². The highest BCUT2D eigenvalue weighted by molar-refractivity contribution is 5.96. The Labute approximate surface area is 132 Å². The second kappa shape index (κ2) is 8.08. The van der Waals surface area contributed by atoms with Gasteiger partial charge in [0, 0.05) is 18.8 Å². The van der Waals surface area contributed by atoms with Crippen molar-refractivity contribution in [3.8, 4) is 5.88 Å². The van der Waals surface area contributed by atoms with Crippen LogP contribution in [0.5, 0.6) is 5.88 Å². The van der Waals surface area contributed by atoms with E-state index in [0.717, 1.165) is 19.5 Å². The van der Waals surface area contributed by atoms with Gasteiger partial charge in [-0.3, -0.25) is 9.69 Å². The first-order valence-electron chi connectivity index (χ1n) is 8.05. The van der Waals surface area contributed by atoms with Crippen LogP contribution in [0.3, 0.4) is 0 Å². The Morgan fingerprint density at radius 2 is 2.36 bits per heavy atom. The molecule has 0 aliphatic carbocycles. The topological polar surface area (TPSA) is 67.4 Å². The highest BCUT2D eigenvalue weighted by atomic mass is 16.5. The van der Waals surface area contributed by atoms with Gasteiger partial charge in [-0.15, -0.1) is 0 Å². The Morgan fingerprint density at radius 1 is 1.55 bits per heavy atom. The molecule has 1 fully saturated rings. The van der Waals surface area contributed by atoms with E-state index in [0.29, 0.717) is 29.9 Å². The molecule has 1 unspecified atom stereocenters. The molecule has 1 aromatic heterocycles. The summed E-state index contributed by atoms with van der Waals surface area (Å²) in [6.07, 6.45) is 6.30. The molecule has 0 aromatic carbocycles. The lowest BCUT2D eigenvalue weighted by Gasteiger charge is -2.24. The van der Waals surface area contributed by atoms with Gasteiger partial charge < -0.3 is 10.1 Å². The van der Waals surface area contributed by atoms with Crippen molar-refractivity contribution in [1.29, 1.82) is 0 Å². The van der Waals surface area contributed by atoms with Gasteiger partial charge >= 0.3 is 0 Å². The second-order valence-corrected chi connectivity index (χ2v) is 5.74. The largest absolute Gasteiger partial charge is 0.480 e. The number of hydrogen-bond acceptors (Lipinski definition) is 5. The Hall–Kier alpha value is -1.69. The van der Waals surface area contributed by atoms with Crippen molar-refractivity contribution in [3.05, 3.63) is 17.6 Å². The summed E-state index contributed by atoms with van der Waals surface area (Å²) in [5.74, 6) is 0.758. The Balaban J connectivity index is 1.92. The number of ether oxygens (including phenoxy) is 1. The number of hydrogen-bond donors (Lipinski definition) is 1. The van der Waals surface area contributed by atoms with Crippen molar-refractivity contribution >= 4 is 5.91 Å². The van der Waals surface area contributed by atoms with E-state index in [1.807, 2.05) is 0 Å². The zero-order valence-electron chi connectivity index (χ0n) is 13.8. The molecule has 1 aromatic rings. The summed E-state index contributed by atoms with van der Waals surface area (Å²) in [6.45, 7) is 6.90. The van der Waals surface area contributed by atoms with E-state index in [9.17, 15) is 4.79 Å². The molecular weight excluding hydrogens is 280 g/mol. The lowest BCUT2D eigenvalue weighted by molar-refractivity contribution is 0.0936. The smallest absolute Gasteiger partial charge is 0.258 e. The number of aromatic nitrogens is 2. The second-order valence-electron chi connectivity index (χ2n) is 5.74. The van der Waals surface area contributed by atoms with Crippen LogP contribution in [0.25, 0.3) is 0 Å². The maximum absolute atomic E-state index is 12.3. The van der Waals surface area contributed by atoms with Gasteiger partial charge in [-0.2, -0.15) is 4.98 Å². The normalized spacial score (nSPS) is 18.4. The van der Waals surface area contributed by atoms with Gasteiger partial charge in [0.2, 0.25) is 5.88 Å². The Morgan fingerprint density at radius 3 is 3.09 bits per heavy atom. The first kappa shape index (κ1) is 16.7. The quantitative estimate of drug-likeness (QED) is 0.832. The summed E-state index contributed by atoms with van der Waals surface area (Å²) in [4.78, 5) is 23.0. The molecule has 1 saturated heterocycles. The minimum absolute atomic E-state index is 0.167. The fraction of sp³-hybridized carbons (Fsp3) is 0.688. The van der Waals surface area contributed by atoms with Gasteiger partial charge in [0.05, 0.1) is 7.11 Å². The minimum Gasteiger partial charge on any atom is -0.480 e. The van der Waals surface area contributed by atoms with Crippen LogP contribution in [-0.2, 0) is 0 Å². The number of unbranched alkanes of at least 4 members (excludes halogenated alkanes) is 1. The Kier molecular flexibility index (Phi) is 6.12. The fourth-order valence-electron chi connectivity index (χ4n) is 2.85. The van der Waals surface area contributed by atoms with E-state index in [1.165, 1.54) is 32.6 Å². The van der Waals surface area contributed by atoms with Crippen molar-refractivity contribution in [2.24, 2.45) is 0 Å². The molecule has 1 N–H and O–H groups in total. The number of carbonyl (C=O) groups excluding carboxylic acids is 1. The maximum atomic E-state index is 12.3. The minimum atomic E-state index is -0.167. The third kappa shape index (κ3) is 4.16. The molecule has 0 saturated carbocycles. The SMILES string of the molecule is CCCCN1CCCC1CNC(=O)c1cnc(C)nc1OC. The molecule has 2 heterocycles. The van der Waals surface area contributed by atoms with Gasteiger partial charge in [-0.05, 0) is 39.3 Å². The summed E-state index contributed by atoms with van der Waals surface area (Å²) in [5.41, 5.74) is 0.395. The molecule has 0 radical (unpaired) electrons. The molecule has 1 atom stereocenters. The number of aryl methyl sites for hydroxylation is 1. The molecule has 122 valence electrons. The summed E-state index contributed by atoms with van der Waals surface area (Å²) in [6, 6.07) is 0.438. The monoisotopic (exact) mass is 306 g/mol. The van der Waals surface area contributed by atoms with Crippen LogP contribution < -0.4 is 10.1 Å². The molecule has 6 heteroatoms. The molecule has 22 heavy (non-hydrogen) atoms. The molecule has 0 bridgehead atoms. The summed E-state index contributed by atoms with van der Waals surface area (Å²) in [7, 11) is 1.52. The van der Waals surface area contributed by atoms with E-state index in [4.69, 9.17) is 4.74 Å². The number of rotatable bonds is 7. The van der Waals surface area contributed by atoms with Crippen LogP contribution in [0.4, 0.5) is 0 Å². The predicted molar refractivity (Wildman–Crippen MR) is 85.2 cm³/mol. The Bertz CT molecular complexity index is 507. The fourth-order valence-corrected chi connectivity index (χ4v) is 2.85. The lowest BCUT2D eigenvalue weighted by Crippen LogP contribution is -2.40. The number of nitrogens with one attached hydrogen (secondary N) is 1. The van der Waals surface area contributed by atoms with E-state index in [2.05, 4.69) is 27.1 Å². The van der Waals surface area contributed by atoms with Crippen molar-refractivity contribution in [1.82, 2.24) is 20.2 Å². The highest BCUT2D eigenvalue weighted by Crippen LogP contribution is 2.18. The number of carbonyl (C=O) groups is 1. The van der Waals surface area contributed by atoms with Crippen molar-refractivity contribution in [2.75, 3.05) is 26.7 Å². The first-order valence-corrected chi connectivity index (χ1v) is 8.05. The van der Waals surface area contributed by atoms with Crippen LogP contribution in [0.2, 0.25) is 0 Å². The van der Waals surface area contributed by atoms with Crippen molar-refractivity contribution < 1.29 is 9.53 Å². The highest BCUT2D eigenvalue weighted by Gasteiger charge is 2.25. The molecule has 1 aliphatic heterocycles. The third-order valence-corrected chi connectivity index (χ3v) is 4.11. The van der Waals surface area contributed by atoms with Gasteiger partial charge in [-0.1, -0.05) is 13.3 Å². The average Bonchev–Trinajstić information content (AvgIpc) is 2.97. The van der Waals surface area contributed by atoms with Crippen LogP contribution >= 0.6 is 0 Å². The van der Waals surface area contributed by atoms with Crippen LogP contribution in [0.1, 0.15) is 48.8 Å². The molecule has 6 nitrogen and oxygen atoms in total. The van der Waals surface area contributed by atoms with Crippen LogP contribution in [0.15, 0.2) is 6.20 Å². The van der Waals surface area contributed by atoms with E-state index < -0.39 is 0 Å². The van der Waals surface area contributed by atoms with Gasteiger partial charge in [0.1, 0.15) is 11.4 Å². The molecule has 1 amide bonds. The zero-order valence-corrected chi connectivity index (χ0v) is 13.8. The predicted octanol–water partition coefficient (Wildman–Crippen LogP) is 1.79. The van der Waals surface area contributed by atoms with Crippen LogP contribution in [-0.4, -0.2) is 53.6 Å². The molecule has 1 aliphatic rings. The number of amides is 1. The van der Waals surface area contributed by atoms with Gasteiger partial charge in [0.25, 0.3) is 5.91 Å². The summed E-state index contributed by atoms with van der Waals surface area (Å²) in [5, 5.41) is 3.00. The van der Waals surface area contributed by atoms with Crippen LogP contribution in [0, 0.1) is 6.92 Å². The van der Waals surface area contributed by atoms with E-state index in [-0.39, 0.29) is 5.91 Å². The number of likely N-dealkylation sites (tertiary alicyclic amines) is 1. The number of methoxy groups -OCH3 is 1. The van der Waals surface area contributed by atoms with E-state index >= 15 is 0 Å². The first-order chi connectivity index (χ1) is 10.7. The maximum Gasteiger partial charge on any atom is 0.258 e.